The first-order valence-electron chi connectivity index (χ1n) is 6.70. The Hall–Kier alpha value is -2.12. The van der Waals surface area contributed by atoms with Gasteiger partial charge in [0.15, 0.2) is 5.82 Å². The van der Waals surface area contributed by atoms with Crippen LogP contribution in [-0.4, -0.2) is 9.55 Å². The number of imidazole rings is 1. The molecule has 0 amide bonds. The molecule has 2 heterocycles. The first kappa shape index (κ1) is 12.9. The number of hydrogen-bond acceptors (Lipinski definition) is 3. The van der Waals surface area contributed by atoms with Gasteiger partial charge in [0.1, 0.15) is 0 Å². The van der Waals surface area contributed by atoms with Crippen molar-refractivity contribution in [2.24, 2.45) is 0 Å². The second-order valence-corrected chi connectivity index (χ2v) is 6.10. The van der Waals surface area contributed by atoms with Gasteiger partial charge in [-0.2, -0.15) is 5.26 Å². The minimum Gasteiger partial charge on any atom is -0.323 e. The number of fused-ring (bicyclic) bond motifs is 1. The fourth-order valence-electron chi connectivity index (χ4n) is 2.39. The number of aryl methyl sites for hydroxylation is 2. The van der Waals surface area contributed by atoms with Gasteiger partial charge in [0, 0.05) is 11.4 Å². The van der Waals surface area contributed by atoms with E-state index in [2.05, 4.69) is 36.6 Å². The number of aromatic nitrogens is 2. The summed E-state index contributed by atoms with van der Waals surface area (Å²) < 4.78 is 2.25. The normalized spacial score (nSPS) is 10.8. The maximum Gasteiger partial charge on any atom is 0.151 e. The van der Waals surface area contributed by atoms with E-state index in [1.165, 1.54) is 9.75 Å². The summed E-state index contributed by atoms with van der Waals surface area (Å²) >= 11 is 1.76. The van der Waals surface area contributed by atoms with Gasteiger partial charge in [-0.1, -0.05) is 6.92 Å². The highest BCUT2D eigenvalue weighted by molar-refractivity contribution is 7.15. The molecule has 20 heavy (non-hydrogen) atoms. The molecule has 0 radical (unpaired) electrons. The molecule has 3 aromatic rings. The first-order valence-corrected chi connectivity index (χ1v) is 7.51. The van der Waals surface area contributed by atoms with Gasteiger partial charge in [0.25, 0.3) is 0 Å². The summed E-state index contributed by atoms with van der Waals surface area (Å²) in [7, 11) is 0. The maximum atomic E-state index is 9.01. The molecule has 3 nitrogen and oxygen atoms in total. The highest BCUT2D eigenvalue weighted by atomic mass is 32.1. The van der Waals surface area contributed by atoms with Gasteiger partial charge < -0.3 is 4.57 Å². The quantitative estimate of drug-likeness (QED) is 0.716. The molecule has 0 spiro atoms. The Bertz CT molecular complexity index is 805. The predicted molar refractivity (Wildman–Crippen MR) is 82.8 cm³/mol. The van der Waals surface area contributed by atoms with Crippen molar-refractivity contribution in [2.45, 2.75) is 26.8 Å². The van der Waals surface area contributed by atoms with Crippen molar-refractivity contribution in [3.63, 3.8) is 0 Å². The predicted octanol–water partition coefficient (Wildman–Crippen LogP) is 4.35. The number of nitriles is 1. The zero-order chi connectivity index (χ0) is 14.1. The van der Waals surface area contributed by atoms with Crippen LogP contribution in [0.5, 0.6) is 0 Å². The summed E-state index contributed by atoms with van der Waals surface area (Å²) in [5.74, 6) is 1.01. The Kier molecular flexibility index (Phi) is 3.29. The van der Waals surface area contributed by atoms with Crippen LogP contribution in [0.25, 0.3) is 21.7 Å². The van der Waals surface area contributed by atoms with Crippen LogP contribution in [-0.2, 0) is 6.54 Å². The second-order valence-electron chi connectivity index (χ2n) is 4.81. The third kappa shape index (κ3) is 2.10. The monoisotopic (exact) mass is 281 g/mol. The zero-order valence-corrected chi connectivity index (χ0v) is 12.4. The van der Waals surface area contributed by atoms with E-state index in [-0.39, 0.29) is 0 Å². The van der Waals surface area contributed by atoms with E-state index in [1.807, 2.05) is 18.2 Å². The largest absolute Gasteiger partial charge is 0.323 e. The number of nitrogens with zero attached hydrogens (tertiary/aromatic N) is 3. The fourth-order valence-corrected chi connectivity index (χ4v) is 3.26. The van der Waals surface area contributed by atoms with Crippen LogP contribution < -0.4 is 0 Å². The van der Waals surface area contributed by atoms with Crippen LogP contribution in [0.3, 0.4) is 0 Å². The van der Waals surface area contributed by atoms with E-state index in [4.69, 9.17) is 10.2 Å². The Morgan fingerprint density at radius 2 is 2.15 bits per heavy atom. The molecule has 1 aromatic carbocycles. The molecule has 100 valence electrons. The number of thiophene rings is 1. The molecule has 4 heteroatoms. The zero-order valence-electron chi connectivity index (χ0n) is 11.6. The SMILES string of the molecule is CCCn1c(-c2ccc(C)s2)nc2cc(C#N)ccc21. The van der Waals surface area contributed by atoms with E-state index >= 15 is 0 Å². The Labute approximate surface area is 122 Å². The van der Waals surface area contributed by atoms with Gasteiger partial charge in [-0.25, -0.2) is 4.98 Å². The van der Waals surface area contributed by atoms with E-state index in [0.29, 0.717) is 5.56 Å². The average molecular weight is 281 g/mol. The molecule has 0 aliphatic carbocycles. The molecular formula is C16H15N3S. The number of benzene rings is 1. The molecule has 0 fully saturated rings. The molecule has 2 aromatic heterocycles. The van der Waals surface area contributed by atoms with E-state index in [9.17, 15) is 0 Å². The molecule has 0 N–H and O–H groups in total. The topological polar surface area (TPSA) is 41.6 Å². The van der Waals surface area contributed by atoms with Gasteiger partial charge >= 0.3 is 0 Å². The summed E-state index contributed by atoms with van der Waals surface area (Å²) in [6.45, 7) is 5.21. The lowest BCUT2D eigenvalue weighted by Gasteiger charge is -2.05. The molecule has 0 unspecified atom stereocenters. The van der Waals surface area contributed by atoms with Gasteiger partial charge in [0.2, 0.25) is 0 Å². The third-order valence-corrected chi connectivity index (χ3v) is 4.28. The fraction of sp³-hybridized carbons (Fsp3) is 0.250. The summed E-state index contributed by atoms with van der Waals surface area (Å²) in [5.41, 5.74) is 2.66. The van der Waals surface area contributed by atoms with E-state index in [0.717, 1.165) is 29.8 Å². The minimum atomic E-state index is 0.660. The third-order valence-electron chi connectivity index (χ3n) is 3.29. The lowest BCUT2D eigenvalue weighted by molar-refractivity contribution is 0.705. The molecule has 0 bridgehead atoms. The van der Waals surface area contributed by atoms with Gasteiger partial charge in [-0.15, -0.1) is 11.3 Å². The van der Waals surface area contributed by atoms with Crippen molar-refractivity contribution in [3.8, 4) is 16.8 Å². The standard InChI is InChI=1S/C16H15N3S/c1-3-8-19-14-6-5-12(10-17)9-13(14)18-16(19)15-7-4-11(2)20-15/h4-7,9H,3,8H2,1-2H3. The Morgan fingerprint density at radius 1 is 1.30 bits per heavy atom. The van der Waals surface area contributed by atoms with Crippen molar-refractivity contribution in [2.75, 3.05) is 0 Å². The second kappa shape index (κ2) is 5.10. The van der Waals surface area contributed by atoms with Gasteiger partial charge in [0.05, 0.1) is 27.5 Å². The summed E-state index contributed by atoms with van der Waals surface area (Å²) in [4.78, 5) is 7.22. The highest BCUT2D eigenvalue weighted by Gasteiger charge is 2.13. The van der Waals surface area contributed by atoms with Crippen molar-refractivity contribution in [1.82, 2.24) is 9.55 Å². The number of hydrogen-bond donors (Lipinski definition) is 0. The van der Waals surface area contributed by atoms with Crippen LogP contribution in [0.2, 0.25) is 0 Å². The van der Waals surface area contributed by atoms with Crippen molar-refractivity contribution in [1.29, 1.82) is 5.26 Å². The van der Waals surface area contributed by atoms with Crippen LogP contribution in [0.4, 0.5) is 0 Å². The summed E-state index contributed by atoms with van der Waals surface area (Å²) in [6, 6.07) is 12.1. The Balaban J connectivity index is 2.25. The summed E-state index contributed by atoms with van der Waals surface area (Å²) in [6.07, 6.45) is 1.06. The van der Waals surface area contributed by atoms with Crippen LogP contribution >= 0.6 is 11.3 Å². The first-order chi connectivity index (χ1) is 9.72. The lowest BCUT2D eigenvalue weighted by atomic mass is 10.2. The van der Waals surface area contributed by atoms with Crippen molar-refractivity contribution >= 4 is 22.4 Å². The van der Waals surface area contributed by atoms with Crippen molar-refractivity contribution in [3.05, 3.63) is 40.8 Å². The average Bonchev–Trinajstić information content (AvgIpc) is 3.03. The van der Waals surface area contributed by atoms with Crippen molar-refractivity contribution < 1.29 is 0 Å². The van der Waals surface area contributed by atoms with E-state index in [1.54, 1.807) is 11.3 Å². The molecule has 0 aliphatic heterocycles. The Morgan fingerprint density at radius 3 is 2.80 bits per heavy atom. The number of rotatable bonds is 3. The molecule has 0 saturated heterocycles. The maximum absolute atomic E-state index is 9.01. The minimum absolute atomic E-state index is 0.660. The smallest absolute Gasteiger partial charge is 0.151 e. The molecule has 0 aliphatic rings. The molecule has 3 rings (SSSR count). The molecule has 0 atom stereocenters. The van der Waals surface area contributed by atoms with E-state index < -0.39 is 0 Å². The molecule has 0 saturated carbocycles. The van der Waals surface area contributed by atoms with Gasteiger partial charge in [-0.05, 0) is 43.7 Å². The lowest BCUT2D eigenvalue weighted by Crippen LogP contribution is -1.98. The van der Waals surface area contributed by atoms with Crippen LogP contribution in [0.15, 0.2) is 30.3 Å². The van der Waals surface area contributed by atoms with Gasteiger partial charge in [-0.3, -0.25) is 0 Å². The molecular weight excluding hydrogens is 266 g/mol. The van der Waals surface area contributed by atoms with Crippen LogP contribution in [0, 0.1) is 18.3 Å². The van der Waals surface area contributed by atoms with Crippen LogP contribution in [0.1, 0.15) is 23.8 Å². The highest BCUT2D eigenvalue weighted by Crippen LogP contribution is 2.30. The summed E-state index contributed by atoms with van der Waals surface area (Å²) in [5, 5.41) is 9.01.